The Balaban J connectivity index is 0.000000285. The Morgan fingerprint density at radius 1 is 0.774 bits per heavy atom. The molecule has 0 bridgehead atoms. The molecule has 0 unspecified atom stereocenters. The summed E-state index contributed by atoms with van der Waals surface area (Å²) < 4.78 is 13.4. The van der Waals surface area contributed by atoms with E-state index in [1.807, 2.05) is 78.9 Å². The predicted molar refractivity (Wildman–Crippen MR) is 125 cm³/mol. The predicted octanol–water partition coefficient (Wildman–Crippen LogP) is 6.57. The van der Waals surface area contributed by atoms with E-state index < -0.39 is 3.79 Å². The SMILES string of the molecule is COc1ccc(C(c2ccc(OC)cc2)C(Cl)(Cl)Cl)cc1.O=COCc1ccccc1. The maximum atomic E-state index is 9.76. The van der Waals surface area contributed by atoms with Crippen LogP contribution in [0.25, 0.3) is 0 Å². The van der Waals surface area contributed by atoms with Crippen LogP contribution in [-0.2, 0) is 16.1 Å². The van der Waals surface area contributed by atoms with Crippen molar-refractivity contribution in [1.82, 2.24) is 0 Å². The van der Waals surface area contributed by atoms with Crippen molar-refractivity contribution in [3.05, 3.63) is 95.6 Å². The summed E-state index contributed by atoms with van der Waals surface area (Å²) in [5, 5.41) is 0. The minimum atomic E-state index is -1.46. The molecule has 0 aromatic heterocycles. The molecule has 164 valence electrons. The first-order chi connectivity index (χ1) is 14.9. The lowest BCUT2D eigenvalue weighted by molar-refractivity contribution is -0.129. The van der Waals surface area contributed by atoms with Gasteiger partial charge in [-0.25, -0.2) is 0 Å². The number of ether oxygens (including phenoxy) is 3. The third-order valence-electron chi connectivity index (χ3n) is 4.39. The normalized spacial score (nSPS) is 10.6. The van der Waals surface area contributed by atoms with Crippen LogP contribution in [0.5, 0.6) is 11.5 Å². The van der Waals surface area contributed by atoms with Crippen LogP contribution in [0.15, 0.2) is 78.9 Å². The zero-order valence-corrected chi connectivity index (χ0v) is 19.4. The van der Waals surface area contributed by atoms with E-state index in [1.54, 1.807) is 14.2 Å². The summed E-state index contributed by atoms with van der Waals surface area (Å²) in [6.07, 6.45) is 0. The summed E-state index contributed by atoms with van der Waals surface area (Å²) in [4.78, 5) is 9.76. The molecule has 7 heteroatoms. The third kappa shape index (κ3) is 7.98. The van der Waals surface area contributed by atoms with Gasteiger partial charge in [0.2, 0.25) is 3.79 Å². The van der Waals surface area contributed by atoms with Crippen molar-refractivity contribution < 1.29 is 19.0 Å². The van der Waals surface area contributed by atoms with Gasteiger partial charge in [0.1, 0.15) is 18.1 Å². The number of rotatable bonds is 7. The molecule has 0 aliphatic heterocycles. The molecule has 3 aromatic rings. The Labute approximate surface area is 197 Å². The van der Waals surface area contributed by atoms with Crippen LogP contribution in [0.4, 0.5) is 0 Å². The number of hydrogen-bond acceptors (Lipinski definition) is 4. The largest absolute Gasteiger partial charge is 0.497 e. The summed E-state index contributed by atoms with van der Waals surface area (Å²) in [7, 11) is 3.23. The van der Waals surface area contributed by atoms with Gasteiger partial charge in [-0.1, -0.05) is 89.4 Å². The molecule has 3 aromatic carbocycles. The first-order valence-corrected chi connectivity index (χ1v) is 10.5. The second-order valence-corrected chi connectivity index (χ2v) is 8.78. The Morgan fingerprint density at radius 3 is 1.58 bits per heavy atom. The van der Waals surface area contributed by atoms with Crippen LogP contribution < -0.4 is 9.47 Å². The fourth-order valence-electron chi connectivity index (χ4n) is 2.87. The molecule has 0 spiro atoms. The van der Waals surface area contributed by atoms with Crippen molar-refractivity contribution in [2.24, 2.45) is 0 Å². The van der Waals surface area contributed by atoms with Gasteiger partial charge in [0.05, 0.1) is 20.1 Å². The van der Waals surface area contributed by atoms with Crippen LogP contribution in [0.1, 0.15) is 22.6 Å². The van der Waals surface area contributed by atoms with Gasteiger partial charge < -0.3 is 14.2 Å². The summed E-state index contributed by atoms with van der Waals surface area (Å²) in [6, 6.07) is 24.5. The molecule has 31 heavy (non-hydrogen) atoms. The van der Waals surface area contributed by atoms with E-state index in [4.69, 9.17) is 44.3 Å². The van der Waals surface area contributed by atoms with Crippen molar-refractivity contribution in [2.45, 2.75) is 16.3 Å². The second kappa shape index (κ2) is 12.5. The summed E-state index contributed by atoms with van der Waals surface area (Å²) in [6.45, 7) is 0.817. The molecule has 0 N–H and O–H groups in total. The minimum Gasteiger partial charge on any atom is -0.497 e. The van der Waals surface area contributed by atoms with E-state index in [9.17, 15) is 4.79 Å². The fraction of sp³-hybridized carbons (Fsp3) is 0.208. The zero-order chi connectivity index (χ0) is 22.7. The van der Waals surface area contributed by atoms with Crippen molar-refractivity contribution in [2.75, 3.05) is 14.2 Å². The average Bonchev–Trinajstić information content (AvgIpc) is 2.79. The highest BCUT2D eigenvalue weighted by Crippen LogP contribution is 2.46. The molecule has 4 nitrogen and oxygen atoms in total. The van der Waals surface area contributed by atoms with Crippen molar-refractivity contribution >= 4 is 41.3 Å². The van der Waals surface area contributed by atoms with E-state index in [1.165, 1.54) is 0 Å². The van der Waals surface area contributed by atoms with Gasteiger partial charge in [0.25, 0.3) is 6.47 Å². The van der Waals surface area contributed by atoms with Gasteiger partial charge in [-0.15, -0.1) is 0 Å². The maximum absolute atomic E-state index is 9.76. The van der Waals surface area contributed by atoms with Crippen LogP contribution >= 0.6 is 34.8 Å². The molecule has 0 saturated heterocycles. The number of methoxy groups -OCH3 is 2. The van der Waals surface area contributed by atoms with E-state index in [0.29, 0.717) is 13.1 Å². The molecule has 0 radical (unpaired) electrons. The Morgan fingerprint density at radius 2 is 1.23 bits per heavy atom. The Bertz CT molecular complexity index is 861. The summed E-state index contributed by atoms with van der Waals surface area (Å²) in [5.41, 5.74) is 2.82. The number of carbonyl (C=O) groups is 1. The lowest BCUT2D eigenvalue weighted by Gasteiger charge is -2.25. The van der Waals surface area contributed by atoms with Crippen LogP contribution in [-0.4, -0.2) is 24.5 Å². The molecule has 0 saturated carbocycles. The van der Waals surface area contributed by atoms with Gasteiger partial charge >= 0.3 is 0 Å². The van der Waals surface area contributed by atoms with Gasteiger partial charge in [0.15, 0.2) is 0 Å². The zero-order valence-electron chi connectivity index (χ0n) is 17.1. The van der Waals surface area contributed by atoms with Gasteiger partial charge in [-0.2, -0.15) is 0 Å². The maximum Gasteiger partial charge on any atom is 0.293 e. The molecule has 0 fully saturated rings. The number of carbonyl (C=O) groups excluding carboxylic acids is 1. The molecule has 0 heterocycles. The average molecular weight is 482 g/mol. The Kier molecular flexibility index (Phi) is 9.99. The number of hydrogen-bond donors (Lipinski definition) is 0. The third-order valence-corrected chi connectivity index (χ3v) is 5.04. The quantitative estimate of drug-likeness (QED) is 0.283. The molecular formula is C24H23Cl3O4. The minimum absolute atomic E-state index is 0.365. The van der Waals surface area contributed by atoms with Gasteiger partial charge in [-0.05, 0) is 41.0 Å². The number of halogens is 3. The van der Waals surface area contributed by atoms with Gasteiger partial charge in [0, 0.05) is 0 Å². The van der Waals surface area contributed by atoms with Crippen LogP contribution in [0.2, 0.25) is 0 Å². The smallest absolute Gasteiger partial charge is 0.293 e. The molecule has 0 amide bonds. The fourth-order valence-corrected chi connectivity index (χ4v) is 3.62. The van der Waals surface area contributed by atoms with Gasteiger partial charge in [-0.3, -0.25) is 4.79 Å². The summed E-state index contributed by atoms with van der Waals surface area (Å²) >= 11 is 18.6. The topological polar surface area (TPSA) is 44.8 Å². The second-order valence-electron chi connectivity index (χ2n) is 6.41. The van der Waals surface area contributed by atoms with Crippen molar-refractivity contribution in [1.29, 1.82) is 0 Å². The number of benzene rings is 3. The van der Waals surface area contributed by atoms with E-state index in [-0.39, 0.29) is 5.92 Å². The Hall–Kier alpha value is -2.40. The highest BCUT2D eigenvalue weighted by atomic mass is 35.6. The van der Waals surface area contributed by atoms with Crippen LogP contribution in [0, 0.1) is 0 Å². The molecule has 0 atom stereocenters. The van der Waals surface area contributed by atoms with E-state index in [0.717, 1.165) is 28.2 Å². The summed E-state index contributed by atoms with van der Waals surface area (Å²) in [5.74, 6) is 1.15. The molecule has 0 aliphatic carbocycles. The van der Waals surface area contributed by atoms with E-state index >= 15 is 0 Å². The van der Waals surface area contributed by atoms with Crippen molar-refractivity contribution in [3.8, 4) is 11.5 Å². The molecule has 0 aliphatic rings. The number of alkyl halides is 3. The molecule has 3 rings (SSSR count). The van der Waals surface area contributed by atoms with Crippen LogP contribution in [0.3, 0.4) is 0 Å². The first-order valence-electron chi connectivity index (χ1n) is 9.32. The highest BCUT2D eigenvalue weighted by molar-refractivity contribution is 6.68. The standard InChI is InChI=1S/C16H15Cl3O2.C8H8O2/c1-20-13-7-3-11(4-8-13)15(16(17,18)19)12-5-9-14(21-2)10-6-12;9-7-10-6-8-4-2-1-3-5-8/h3-10,15H,1-2H3;1-5,7H,6H2. The first kappa shape index (κ1) is 24.9. The van der Waals surface area contributed by atoms with Crippen molar-refractivity contribution in [3.63, 3.8) is 0 Å². The molecular weight excluding hydrogens is 459 g/mol. The lowest BCUT2D eigenvalue weighted by atomic mass is 9.92. The van der Waals surface area contributed by atoms with E-state index in [2.05, 4.69) is 4.74 Å². The monoisotopic (exact) mass is 480 g/mol. The lowest BCUT2D eigenvalue weighted by Crippen LogP contribution is -2.18. The highest BCUT2D eigenvalue weighted by Gasteiger charge is 2.35.